The van der Waals surface area contributed by atoms with Crippen LogP contribution < -0.4 is 5.73 Å². The maximum Gasteiger partial charge on any atom is 0.00104 e. The molecular formula is C14H30N2. The van der Waals surface area contributed by atoms with Crippen molar-refractivity contribution >= 4 is 0 Å². The van der Waals surface area contributed by atoms with Crippen LogP contribution in [-0.2, 0) is 0 Å². The molecule has 1 saturated heterocycles. The van der Waals surface area contributed by atoms with E-state index in [1.807, 2.05) is 0 Å². The molecule has 96 valence electrons. The van der Waals surface area contributed by atoms with Crippen LogP contribution in [0.2, 0.25) is 0 Å². The second-order valence-electron chi connectivity index (χ2n) is 6.33. The van der Waals surface area contributed by atoms with Crippen LogP contribution in [0.15, 0.2) is 0 Å². The van der Waals surface area contributed by atoms with Crippen molar-refractivity contribution in [3.8, 4) is 0 Å². The molecule has 1 atom stereocenters. The van der Waals surface area contributed by atoms with E-state index in [0.717, 1.165) is 0 Å². The van der Waals surface area contributed by atoms with Crippen molar-refractivity contribution < 1.29 is 0 Å². The molecule has 2 nitrogen and oxygen atoms in total. The van der Waals surface area contributed by atoms with Gasteiger partial charge in [0, 0.05) is 6.04 Å². The van der Waals surface area contributed by atoms with Crippen LogP contribution in [0.1, 0.15) is 59.3 Å². The summed E-state index contributed by atoms with van der Waals surface area (Å²) in [4.78, 5) is 2.65. The molecule has 0 saturated carbocycles. The van der Waals surface area contributed by atoms with Gasteiger partial charge in [-0.05, 0) is 64.1 Å². The number of rotatable bonds is 5. The second kappa shape index (κ2) is 6.61. The fourth-order valence-electron chi connectivity index (χ4n) is 2.50. The van der Waals surface area contributed by atoms with Crippen molar-refractivity contribution in [1.29, 1.82) is 0 Å². The zero-order valence-electron chi connectivity index (χ0n) is 11.5. The highest BCUT2D eigenvalue weighted by atomic mass is 15.1. The van der Waals surface area contributed by atoms with Gasteiger partial charge in [-0.3, -0.25) is 0 Å². The molecule has 0 amide bonds. The molecule has 0 spiro atoms. The molecule has 16 heavy (non-hydrogen) atoms. The minimum absolute atomic E-state index is 0.378. The fourth-order valence-corrected chi connectivity index (χ4v) is 2.50. The van der Waals surface area contributed by atoms with E-state index in [4.69, 9.17) is 5.73 Å². The Balaban J connectivity index is 2.13. The highest BCUT2D eigenvalue weighted by Gasteiger charge is 2.22. The molecular weight excluding hydrogens is 196 g/mol. The Morgan fingerprint density at radius 3 is 2.62 bits per heavy atom. The summed E-state index contributed by atoms with van der Waals surface area (Å²) in [6, 6.07) is 0.378. The van der Waals surface area contributed by atoms with Gasteiger partial charge >= 0.3 is 0 Å². The Morgan fingerprint density at radius 2 is 1.94 bits per heavy atom. The number of likely N-dealkylation sites (tertiary alicyclic amines) is 1. The predicted octanol–water partition coefficient (Wildman–Crippen LogP) is 3.02. The number of nitrogens with two attached hydrogens (primary N) is 1. The van der Waals surface area contributed by atoms with Crippen LogP contribution >= 0.6 is 0 Å². The van der Waals surface area contributed by atoms with Gasteiger partial charge in [-0.15, -0.1) is 0 Å². The Morgan fingerprint density at radius 1 is 1.19 bits per heavy atom. The van der Waals surface area contributed by atoms with Gasteiger partial charge in [0.25, 0.3) is 0 Å². The highest BCUT2D eigenvalue weighted by molar-refractivity contribution is 4.76. The summed E-state index contributed by atoms with van der Waals surface area (Å²) in [5.74, 6) is 0. The molecule has 1 aliphatic heterocycles. The minimum Gasteiger partial charge on any atom is -0.328 e. The zero-order chi connectivity index (χ0) is 12.0. The first-order valence-corrected chi connectivity index (χ1v) is 6.97. The van der Waals surface area contributed by atoms with Gasteiger partial charge in [-0.1, -0.05) is 20.3 Å². The van der Waals surface area contributed by atoms with E-state index in [-0.39, 0.29) is 0 Å². The first kappa shape index (κ1) is 14.0. The molecule has 1 fully saturated rings. The third-order valence-corrected chi connectivity index (χ3v) is 3.82. The number of hydrogen-bond acceptors (Lipinski definition) is 2. The Bertz CT molecular complexity index is 187. The normalized spacial score (nSPS) is 24.0. The molecule has 0 aromatic rings. The van der Waals surface area contributed by atoms with Gasteiger partial charge in [0.15, 0.2) is 0 Å². The molecule has 0 aromatic heterocycles. The largest absolute Gasteiger partial charge is 0.328 e. The second-order valence-corrected chi connectivity index (χ2v) is 6.33. The lowest BCUT2D eigenvalue weighted by Gasteiger charge is -2.23. The van der Waals surface area contributed by atoms with Gasteiger partial charge in [-0.25, -0.2) is 0 Å². The first-order valence-electron chi connectivity index (χ1n) is 6.97. The lowest BCUT2D eigenvalue weighted by molar-refractivity contribution is 0.257. The summed E-state index contributed by atoms with van der Waals surface area (Å²) in [6.07, 6.45) is 7.92. The standard InChI is InChI=1S/C14H30N2/c1-13(15)7-4-5-10-16-11-6-8-14(2,3)9-12-16/h13H,4-12,15H2,1-3H3. The molecule has 0 radical (unpaired) electrons. The summed E-state index contributed by atoms with van der Waals surface area (Å²) in [5.41, 5.74) is 6.33. The van der Waals surface area contributed by atoms with E-state index in [1.54, 1.807) is 0 Å². The molecule has 1 unspecified atom stereocenters. The van der Waals surface area contributed by atoms with Crippen molar-refractivity contribution in [2.75, 3.05) is 19.6 Å². The predicted molar refractivity (Wildman–Crippen MR) is 71.6 cm³/mol. The van der Waals surface area contributed by atoms with Crippen LogP contribution in [0.5, 0.6) is 0 Å². The Hall–Kier alpha value is -0.0800. The maximum absolute atomic E-state index is 5.76. The third kappa shape index (κ3) is 5.86. The molecule has 0 bridgehead atoms. The van der Waals surface area contributed by atoms with E-state index in [1.165, 1.54) is 58.2 Å². The average Bonchev–Trinajstić information content (AvgIpc) is 2.34. The highest BCUT2D eigenvalue weighted by Crippen LogP contribution is 2.29. The topological polar surface area (TPSA) is 29.3 Å². The van der Waals surface area contributed by atoms with Crippen molar-refractivity contribution in [1.82, 2.24) is 4.90 Å². The van der Waals surface area contributed by atoms with Crippen molar-refractivity contribution in [2.45, 2.75) is 65.3 Å². The van der Waals surface area contributed by atoms with Gasteiger partial charge in [0.2, 0.25) is 0 Å². The van der Waals surface area contributed by atoms with Gasteiger partial charge < -0.3 is 10.6 Å². The van der Waals surface area contributed by atoms with Crippen LogP contribution in [0.3, 0.4) is 0 Å². The lowest BCUT2D eigenvalue weighted by Crippen LogP contribution is -2.27. The summed E-state index contributed by atoms with van der Waals surface area (Å²) < 4.78 is 0. The smallest absolute Gasteiger partial charge is 0.00104 e. The van der Waals surface area contributed by atoms with Crippen LogP contribution in [0.4, 0.5) is 0 Å². The summed E-state index contributed by atoms with van der Waals surface area (Å²) in [5, 5.41) is 0. The van der Waals surface area contributed by atoms with E-state index in [2.05, 4.69) is 25.7 Å². The summed E-state index contributed by atoms with van der Waals surface area (Å²) in [6.45, 7) is 10.8. The Labute approximate surface area is 102 Å². The molecule has 2 heteroatoms. The molecule has 0 aliphatic carbocycles. The average molecular weight is 226 g/mol. The molecule has 0 aromatic carbocycles. The van der Waals surface area contributed by atoms with E-state index in [0.29, 0.717) is 11.5 Å². The number of nitrogens with zero attached hydrogens (tertiary/aromatic N) is 1. The van der Waals surface area contributed by atoms with Crippen molar-refractivity contribution in [2.24, 2.45) is 11.1 Å². The van der Waals surface area contributed by atoms with Gasteiger partial charge in [-0.2, -0.15) is 0 Å². The molecule has 1 aliphatic rings. The molecule has 2 N–H and O–H groups in total. The van der Waals surface area contributed by atoms with E-state index >= 15 is 0 Å². The summed E-state index contributed by atoms with van der Waals surface area (Å²) >= 11 is 0. The van der Waals surface area contributed by atoms with Gasteiger partial charge in [0.05, 0.1) is 0 Å². The van der Waals surface area contributed by atoms with Crippen LogP contribution in [-0.4, -0.2) is 30.6 Å². The summed E-state index contributed by atoms with van der Waals surface area (Å²) in [7, 11) is 0. The van der Waals surface area contributed by atoms with Gasteiger partial charge in [0.1, 0.15) is 0 Å². The lowest BCUT2D eigenvalue weighted by atomic mass is 9.85. The first-order chi connectivity index (χ1) is 7.49. The Kier molecular flexibility index (Phi) is 5.77. The van der Waals surface area contributed by atoms with Crippen LogP contribution in [0, 0.1) is 5.41 Å². The minimum atomic E-state index is 0.378. The molecule has 1 heterocycles. The SMILES string of the molecule is CC(N)CCCCN1CCCC(C)(C)CC1. The molecule has 1 rings (SSSR count). The van der Waals surface area contributed by atoms with Crippen molar-refractivity contribution in [3.05, 3.63) is 0 Å². The fraction of sp³-hybridized carbons (Fsp3) is 1.00. The number of unbranched alkanes of at least 4 members (excludes halogenated alkanes) is 1. The third-order valence-electron chi connectivity index (χ3n) is 3.82. The van der Waals surface area contributed by atoms with Crippen LogP contribution in [0.25, 0.3) is 0 Å². The van der Waals surface area contributed by atoms with E-state index < -0.39 is 0 Å². The van der Waals surface area contributed by atoms with E-state index in [9.17, 15) is 0 Å². The maximum atomic E-state index is 5.76. The number of hydrogen-bond donors (Lipinski definition) is 1. The zero-order valence-corrected chi connectivity index (χ0v) is 11.5. The quantitative estimate of drug-likeness (QED) is 0.730. The monoisotopic (exact) mass is 226 g/mol. The van der Waals surface area contributed by atoms with Crippen molar-refractivity contribution in [3.63, 3.8) is 0 Å².